The average Bonchev–Trinajstić information content (AvgIpc) is 3.14. The van der Waals surface area contributed by atoms with Crippen molar-refractivity contribution in [3.05, 3.63) is 59.7 Å². The lowest BCUT2D eigenvalue weighted by atomic mass is 10.1. The maximum atomic E-state index is 12.3. The molecule has 0 spiro atoms. The van der Waals surface area contributed by atoms with Gasteiger partial charge in [-0.3, -0.25) is 14.5 Å². The highest BCUT2D eigenvalue weighted by atomic mass is 32.2. The number of hydrogen-bond donors (Lipinski definition) is 3. The molecule has 0 bridgehead atoms. The summed E-state index contributed by atoms with van der Waals surface area (Å²) < 4.78 is 27.0. The summed E-state index contributed by atoms with van der Waals surface area (Å²) in [6.07, 6.45) is 0. The fourth-order valence-electron chi connectivity index (χ4n) is 2.26. The third kappa shape index (κ3) is 4.66. The molecule has 0 aliphatic carbocycles. The predicted octanol–water partition coefficient (Wildman–Crippen LogP) is 2.02. The Morgan fingerprint density at radius 3 is 2.19 bits per heavy atom. The molecule has 2 aromatic carbocycles. The Labute approximate surface area is 159 Å². The molecule has 0 fully saturated rings. The number of amidine groups is 1. The quantitative estimate of drug-likeness (QED) is 0.699. The number of sulfonamides is 1. The molecule has 2 aromatic rings. The van der Waals surface area contributed by atoms with Crippen molar-refractivity contribution < 1.29 is 23.1 Å². The number of nitrogens with one attached hydrogen (secondary N) is 2. The smallest absolute Gasteiger partial charge is 0.335 e. The van der Waals surface area contributed by atoms with Gasteiger partial charge in [-0.2, -0.15) is 0 Å². The van der Waals surface area contributed by atoms with Gasteiger partial charge in [0, 0.05) is 17.0 Å². The van der Waals surface area contributed by atoms with Gasteiger partial charge in [-0.25, -0.2) is 13.2 Å². The topological polar surface area (TPSA) is 125 Å². The Morgan fingerprint density at radius 2 is 1.63 bits per heavy atom. The van der Waals surface area contributed by atoms with Gasteiger partial charge in [-0.1, -0.05) is 11.8 Å². The summed E-state index contributed by atoms with van der Waals surface area (Å²) in [6.45, 7) is 0.584. The number of anilines is 1. The van der Waals surface area contributed by atoms with Crippen LogP contribution in [0.4, 0.5) is 5.69 Å². The second-order valence-corrected chi connectivity index (χ2v) is 8.27. The van der Waals surface area contributed by atoms with Gasteiger partial charge < -0.3 is 10.4 Å². The van der Waals surface area contributed by atoms with Gasteiger partial charge in [-0.15, -0.1) is 0 Å². The van der Waals surface area contributed by atoms with E-state index in [1.165, 1.54) is 60.3 Å². The summed E-state index contributed by atoms with van der Waals surface area (Å²) in [5, 5.41) is 11.9. The zero-order valence-electron chi connectivity index (χ0n) is 13.9. The molecule has 1 heterocycles. The summed E-state index contributed by atoms with van der Waals surface area (Å²) in [7, 11) is -3.72. The lowest BCUT2D eigenvalue weighted by Crippen LogP contribution is -2.27. The fourth-order valence-corrected chi connectivity index (χ4v) is 4.29. The van der Waals surface area contributed by atoms with E-state index in [9.17, 15) is 18.0 Å². The molecule has 140 valence electrons. The minimum Gasteiger partial charge on any atom is -0.478 e. The van der Waals surface area contributed by atoms with Crippen LogP contribution in [0.5, 0.6) is 0 Å². The highest BCUT2D eigenvalue weighted by Crippen LogP contribution is 2.17. The number of carbonyl (C=O) groups is 2. The largest absolute Gasteiger partial charge is 0.478 e. The highest BCUT2D eigenvalue weighted by molar-refractivity contribution is 8.15. The van der Waals surface area contributed by atoms with E-state index >= 15 is 0 Å². The molecule has 0 atom stereocenters. The van der Waals surface area contributed by atoms with Gasteiger partial charge in [0.25, 0.3) is 15.9 Å². The third-order valence-corrected chi connectivity index (χ3v) is 6.00. The molecule has 27 heavy (non-hydrogen) atoms. The maximum Gasteiger partial charge on any atom is 0.335 e. The Hall–Kier alpha value is -2.85. The van der Waals surface area contributed by atoms with E-state index in [-0.39, 0.29) is 16.0 Å². The minimum atomic E-state index is -3.72. The van der Waals surface area contributed by atoms with Crippen LogP contribution in [0.1, 0.15) is 20.7 Å². The summed E-state index contributed by atoms with van der Waals surface area (Å²) in [5.41, 5.74) is 0.780. The number of carboxylic acids is 1. The lowest BCUT2D eigenvalue weighted by Gasteiger charge is -2.09. The van der Waals surface area contributed by atoms with Crippen LogP contribution in [0.25, 0.3) is 0 Å². The molecule has 0 aromatic heterocycles. The van der Waals surface area contributed by atoms with Gasteiger partial charge in [0.15, 0.2) is 5.17 Å². The van der Waals surface area contributed by atoms with Crippen LogP contribution in [-0.4, -0.2) is 42.9 Å². The van der Waals surface area contributed by atoms with E-state index in [1.54, 1.807) is 0 Å². The number of benzene rings is 2. The lowest BCUT2D eigenvalue weighted by molar-refractivity contribution is 0.0696. The van der Waals surface area contributed by atoms with Crippen LogP contribution in [0.3, 0.4) is 0 Å². The predicted molar refractivity (Wildman–Crippen MR) is 103 cm³/mol. The molecule has 0 unspecified atom stereocenters. The molecule has 10 heteroatoms. The van der Waals surface area contributed by atoms with E-state index < -0.39 is 21.9 Å². The van der Waals surface area contributed by atoms with Crippen LogP contribution in [0, 0.1) is 0 Å². The molecule has 1 amide bonds. The first kappa shape index (κ1) is 18.9. The average molecular weight is 405 g/mol. The first-order chi connectivity index (χ1) is 12.8. The summed E-state index contributed by atoms with van der Waals surface area (Å²) in [6, 6.07) is 11.2. The van der Waals surface area contributed by atoms with Crippen LogP contribution >= 0.6 is 11.8 Å². The van der Waals surface area contributed by atoms with Crippen LogP contribution in [0.15, 0.2) is 58.4 Å². The van der Waals surface area contributed by atoms with Crippen molar-refractivity contribution in [2.24, 2.45) is 4.99 Å². The SMILES string of the molecule is O=C(O)c1ccc(C(=O)Nc2ccc(S(=O)(=O)NC3=NCCS3)cc2)cc1. The van der Waals surface area contributed by atoms with Gasteiger partial charge >= 0.3 is 5.97 Å². The molecule has 0 radical (unpaired) electrons. The molecule has 1 aliphatic rings. The fraction of sp³-hybridized carbons (Fsp3) is 0.118. The number of aliphatic imine (C=N–C) groups is 1. The number of carboxylic acid groups (broad SMARTS) is 1. The van der Waals surface area contributed by atoms with Gasteiger partial charge in [0.2, 0.25) is 0 Å². The van der Waals surface area contributed by atoms with E-state index in [4.69, 9.17) is 5.11 Å². The standard InChI is InChI=1S/C17H15N3O5S2/c21-15(11-1-3-12(4-2-11)16(22)23)19-13-5-7-14(8-6-13)27(24,25)20-17-18-9-10-26-17/h1-8H,9-10H2,(H,18,20)(H,19,21)(H,22,23). The normalized spacial score (nSPS) is 13.7. The number of amides is 1. The van der Waals surface area contributed by atoms with Crippen molar-refractivity contribution >= 4 is 44.5 Å². The molecule has 8 nitrogen and oxygen atoms in total. The van der Waals surface area contributed by atoms with Crippen molar-refractivity contribution in [3.63, 3.8) is 0 Å². The van der Waals surface area contributed by atoms with Crippen molar-refractivity contribution in [3.8, 4) is 0 Å². The Kier molecular flexibility index (Phi) is 5.47. The van der Waals surface area contributed by atoms with Crippen LogP contribution in [0.2, 0.25) is 0 Å². The van der Waals surface area contributed by atoms with Crippen molar-refractivity contribution in [1.29, 1.82) is 0 Å². The van der Waals surface area contributed by atoms with Gasteiger partial charge in [-0.05, 0) is 48.5 Å². The molecule has 3 N–H and O–H groups in total. The van der Waals surface area contributed by atoms with E-state index in [0.717, 1.165) is 5.75 Å². The van der Waals surface area contributed by atoms with Crippen LogP contribution < -0.4 is 10.0 Å². The molecular formula is C17H15N3O5S2. The number of hydrogen-bond acceptors (Lipinski definition) is 6. The third-order valence-electron chi connectivity index (χ3n) is 3.62. The van der Waals surface area contributed by atoms with E-state index in [1.807, 2.05) is 0 Å². The number of aromatic carboxylic acids is 1. The summed E-state index contributed by atoms with van der Waals surface area (Å²) >= 11 is 1.34. The first-order valence-corrected chi connectivity index (χ1v) is 10.3. The zero-order valence-corrected chi connectivity index (χ0v) is 15.5. The second-order valence-electron chi connectivity index (χ2n) is 5.50. The van der Waals surface area contributed by atoms with Gasteiger partial charge in [0.05, 0.1) is 17.0 Å². The number of thioether (sulfide) groups is 1. The monoisotopic (exact) mass is 405 g/mol. The summed E-state index contributed by atoms with van der Waals surface area (Å²) in [5.74, 6) is -0.761. The van der Waals surface area contributed by atoms with Crippen molar-refractivity contribution in [1.82, 2.24) is 4.72 Å². The molecular weight excluding hydrogens is 390 g/mol. The molecule has 1 aliphatic heterocycles. The van der Waals surface area contributed by atoms with Crippen molar-refractivity contribution in [2.45, 2.75) is 4.90 Å². The first-order valence-electron chi connectivity index (χ1n) is 7.80. The number of carbonyl (C=O) groups excluding carboxylic acids is 1. The Bertz CT molecular complexity index is 1000. The number of nitrogens with zero attached hydrogens (tertiary/aromatic N) is 1. The minimum absolute atomic E-state index is 0.0570. The highest BCUT2D eigenvalue weighted by Gasteiger charge is 2.18. The number of rotatable bonds is 5. The Balaban J connectivity index is 1.68. The maximum absolute atomic E-state index is 12.3. The summed E-state index contributed by atoms with van der Waals surface area (Å²) in [4.78, 5) is 27.1. The zero-order chi connectivity index (χ0) is 19.4. The van der Waals surface area contributed by atoms with Crippen molar-refractivity contribution in [2.75, 3.05) is 17.6 Å². The molecule has 0 saturated carbocycles. The van der Waals surface area contributed by atoms with E-state index in [2.05, 4.69) is 15.0 Å². The van der Waals surface area contributed by atoms with Gasteiger partial charge in [0.1, 0.15) is 0 Å². The Morgan fingerprint density at radius 1 is 1.00 bits per heavy atom. The molecule has 3 rings (SSSR count). The van der Waals surface area contributed by atoms with Crippen LogP contribution in [-0.2, 0) is 10.0 Å². The second kappa shape index (κ2) is 7.80. The molecule has 0 saturated heterocycles. The van der Waals surface area contributed by atoms with E-state index in [0.29, 0.717) is 17.4 Å².